The second-order valence-corrected chi connectivity index (χ2v) is 7.43. The van der Waals surface area contributed by atoms with E-state index in [-0.39, 0.29) is 24.3 Å². The van der Waals surface area contributed by atoms with E-state index < -0.39 is 6.03 Å². The number of amides is 3. The Morgan fingerprint density at radius 2 is 2.21 bits per heavy atom. The average Bonchev–Trinajstić information content (AvgIpc) is 3.38. The maximum Gasteiger partial charge on any atom is 0.321 e. The summed E-state index contributed by atoms with van der Waals surface area (Å²) >= 11 is 1.21. The number of allylic oxidation sites excluding steroid dienone is 1. The van der Waals surface area contributed by atoms with Gasteiger partial charge in [-0.3, -0.25) is 14.7 Å². The van der Waals surface area contributed by atoms with Crippen molar-refractivity contribution >= 4 is 23.7 Å². The van der Waals surface area contributed by atoms with Gasteiger partial charge in [0.05, 0.1) is 5.75 Å². The molecule has 28 heavy (non-hydrogen) atoms. The first-order valence-corrected chi connectivity index (χ1v) is 9.99. The molecule has 1 aliphatic rings. The number of carbonyl (C=O) groups is 2. The molecule has 1 saturated carbocycles. The van der Waals surface area contributed by atoms with Gasteiger partial charge in [-0.15, -0.1) is 16.8 Å². The number of nitrogens with one attached hydrogen (secondary N) is 2. The smallest absolute Gasteiger partial charge is 0.321 e. The van der Waals surface area contributed by atoms with Crippen LogP contribution in [0.1, 0.15) is 24.2 Å². The molecule has 2 N–H and O–H groups in total. The van der Waals surface area contributed by atoms with Crippen LogP contribution < -0.4 is 15.4 Å². The van der Waals surface area contributed by atoms with Crippen molar-refractivity contribution < 1.29 is 14.3 Å². The fraction of sp³-hybridized carbons (Fsp3) is 0.368. The molecule has 3 rings (SSSR count). The molecule has 3 amide bonds. The highest BCUT2D eigenvalue weighted by molar-refractivity contribution is 7.99. The highest BCUT2D eigenvalue weighted by Crippen LogP contribution is 2.20. The minimum Gasteiger partial charge on any atom is -0.486 e. The van der Waals surface area contributed by atoms with Gasteiger partial charge in [0.25, 0.3) is 0 Å². The lowest BCUT2D eigenvalue weighted by molar-refractivity contribution is -0.117. The van der Waals surface area contributed by atoms with E-state index >= 15 is 0 Å². The molecule has 0 aliphatic heterocycles. The molecular weight excluding hydrogens is 378 g/mol. The normalized spacial score (nSPS) is 13.0. The fourth-order valence-electron chi connectivity index (χ4n) is 2.44. The molecule has 1 fully saturated rings. The summed E-state index contributed by atoms with van der Waals surface area (Å²) in [5.41, 5.74) is 1.11. The van der Waals surface area contributed by atoms with Crippen molar-refractivity contribution in [2.24, 2.45) is 0 Å². The van der Waals surface area contributed by atoms with E-state index in [4.69, 9.17) is 4.74 Å². The second-order valence-electron chi connectivity index (χ2n) is 6.49. The van der Waals surface area contributed by atoms with Crippen molar-refractivity contribution in [2.75, 3.05) is 5.75 Å². The minimum absolute atomic E-state index is 0.0616. The number of rotatable bonds is 9. The van der Waals surface area contributed by atoms with Crippen molar-refractivity contribution in [1.29, 1.82) is 0 Å². The summed E-state index contributed by atoms with van der Waals surface area (Å²) in [7, 11) is 0. The van der Waals surface area contributed by atoms with E-state index in [0.717, 1.165) is 24.2 Å². The van der Waals surface area contributed by atoms with Crippen LogP contribution in [0, 0.1) is 6.92 Å². The number of benzene rings is 1. The predicted octanol–water partition coefficient (Wildman–Crippen LogP) is 2.43. The Morgan fingerprint density at radius 1 is 1.39 bits per heavy atom. The van der Waals surface area contributed by atoms with E-state index in [1.54, 1.807) is 6.08 Å². The van der Waals surface area contributed by atoms with Gasteiger partial charge in [-0.2, -0.15) is 0 Å². The van der Waals surface area contributed by atoms with Crippen molar-refractivity contribution in [3.63, 3.8) is 0 Å². The van der Waals surface area contributed by atoms with Gasteiger partial charge in [-0.25, -0.2) is 4.79 Å². The molecule has 148 valence electrons. The van der Waals surface area contributed by atoms with Gasteiger partial charge < -0.3 is 10.1 Å². The number of aryl methyl sites for hydroxylation is 1. The summed E-state index contributed by atoms with van der Waals surface area (Å²) in [6.45, 7) is 6.50. The second kappa shape index (κ2) is 9.41. The van der Waals surface area contributed by atoms with Crippen LogP contribution in [0.4, 0.5) is 4.79 Å². The first-order valence-electron chi connectivity index (χ1n) is 9.00. The topological polar surface area (TPSA) is 98.1 Å². The molecule has 0 spiro atoms. The number of ether oxygens (including phenoxy) is 1. The quantitative estimate of drug-likeness (QED) is 0.495. The molecule has 8 nitrogen and oxygen atoms in total. The van der Waals surface area contributed by atoms with Crippen molar-refractivity contribution in [2.45, 2.75) is 44.1 Å². The van der Waals surface area contributed by atoms with Gasteiger partial charge in [-0.1, -0.05) is 30.0 Å². The lowest BCUT2D eigenvalue weighted by Gasteiger charge is -2.09. The summed E-state index contributed by atoms with van der Waals surface area (Å²) in [6, 6.07) is 7.50. The number of aromatic nitrogens is 3. The number of urea groups is 1. The molecule has 2 aromatic rings. The first-order chi connectivity index (χ1) is 13.5. The molecule has 9 heteroatoms. The van der Waals surface area contributed by atoms with Crippen LogP contribution in [0.3, 0.4) is 0 Å². The van der Waals surface area contributed by atoms with Gasteiger partial charge in [0, 0.05) is 12.6 Å². The number of nitrogens with zero attached hydrogens (tertiary/aromatic N) is 3. The summed E-state index contributed by atoms with van der Waals surface area (Å²) in [6.07, 6.45) is 3.66. The van der Waals surface area contributed by atoms with Crippen LogP contribution >= 0.6 is 11.8 Å². The molecular formula is C19H23N5O3S. The molecule has 0 saturated heterocycles. The number of thioether (sulfide) groups is 1. The van der Waals surface area contributed by atoms with Gasteiger partial charge in [0.1, 0.15) is 12.4 Å². The van der Waals surface area contributed by atoms with E-state index in [1.807, 2.05) is 35.8 Å². The van der Waals surface area contributed by atoms with Gasteiger partial charge in [-0.05, 0) is 37.5 Å². The van der Waals surface area contributed by atoms with Crippen LogP contribution in [0.5, 0.6) is 5.75 Å². The maximum atomic E-state index is 12.0. The number of carbonyl (C=O) groups excluding carboxylic acids is 2. The number of hydrogen-bond acceptors (Lipinski definition) is 6. The Balaban J connectivity index is 1.55. The van der Waals surface area contributed by atoms with E-state index in [0.29, 0.717) is 17.5 Å². The van der Waals surface area contributed by atoms with E-state index in [9.17, 15) is 9.59 Å². The standard InChI is InChI=1S/C19H23N5O3S/c1-3-9-24-16(11-27-15-6-4-5-13(2)10-15)22-23-19(24)28-12-17(25)21-18(26)20-14-7-8-14/h3-6,10,14H,1,7-9,11-12H2,2H3,(H2,20,21,25,26). The zero-order valence-corrected chi connectivity index (χ0v) is 16.5. The first kappa shape index (κ1) is 19.9. The predicted molar refractivity (Wildman–Crippen MR) is 106 cm³/mol. The monoisotopic (exact) mass is 401 g/mol. The van der Waals surface area contributed by atoms with E-state index in [1.165, 1.54) is 11.8 Å². The third-order valence-electron chi connectivity index (χ3n) is 3.96. The molecule has 1 heterocycles. The van der Waals surface area contributed by atoms with Crippen LogP contribution in [-0.4, -0.2) is 38.5 Å². The Bertz CT molecular complexity index is 863. The van der Waals surface area contributed by atoms with Crippen LogP contribution in [-0.2, 0) is 17.9 Å². The molecule has 1 aromatic carbocycles. The lowest BCUT2D eigenvalue weighted by Crippen LogP contribution is -2.41. The highest BCUT2D eigenvalue weighted by Gasteiger charge is 2.24. The molecule has 1 aromatic heterocycles. The number of imide groups is 1. The third kappa shape index (κ3) is 5.85. The Morgan fingerprint density at radius 3 is 2.93 bits per heavy atom. The molecule has 1 aliphatic carbocycles. The van der Waals surface area contributed by atoms with E-state index in [2.05, 4.69) is 27.4 Å². The Kier molecular flexibility index (Phi) is 6.70. The zero-order valence-electron chi connectivity index (χ0n) is 15.7. The number of hydrogen-bond donors (Lipinski definition) is 2. The van der Waals surface area contributed by atoms with Crippen LogP contribution in [0.15, 0.2) is 42.1 Å². The summed E-state index contributed by atoms with van der Waals surface area (Å²) in [4.78, 5) is 23.6. The summed E-state index contributed by atoms with van der Waals surface area (Å²) in [5.74, 6) is 1.07. The molecule has 0 unspecified atom stereocenters. The fourth-order valence-corrected chi connectivity index (χ4v) is 3.21. The average molecular weight is 401 g/mol. The summed E-state index contributed by atoms with van der Waals surface area (Å²) in [5, 5.41) is 13.9. The van der Waals surface area contributed by atoms with Gasteiger partial charge in [0.2, 0.25) is 5.91 Å². The summed E-state index contributed by atoms with van der Waals surface area (Å²) < 4.78 is 7.63. The van der Waals surface area contributed by atoms with Crippen LogP contribution in [0.2, 0.25) is 0 Å². The van der Waals surface area contributed by atoms with Crippen molar-refractivity contribution in [3.05, 3.63) is 48.3 Å². The van der Waals surface area contributed by atoms with Gasteiger partial charge in [0.15, 0.2) is 11.0 Å². The van der Waals surface area contributed by atoms with Crippen molar-refractivity contribution in [3.8, 4) is 5.75 Å². The zero-order chi connectivity index (χ0) is 19.9. The van der Waals surface area contributed by atoms with Crippen LogP contribution in [0.25, 0.3) is 0 Å². The van der Waals surface area contributed by atoms with Gasteiger partial charge >= 0.3 is 6.03 Å². The third-order valence-corrected chi connectivity index (χ3v) is 4.93. The van der Waals surface area contributed by atoms with Crippen molar-refractivity contribution in [1.82, 2.24) is 25.4 Å². The Labute approximate surface area is 167 Å². The Hall–Kier alpha value is -2.81. The highest BCUT2D eigenvalue weighted by atomic mass is 32.2. The minimum atomic E-state index is -0.451. The maximum absolute atomic E-state index is 12.0. The largest absolute Gasteiger partial charge is 0.486 e. The molecule has 0 radical (unpaired) electrons. The molecule has 0 bridgehead atoms. The molecule has 0 atom stereocenters. The lowest BCUT2D eigenvalue weighted by atomic mass is 10.2. The SMILES string of the molecule is C=CCn1c(COc2cccc(C)c2)nnc1SCC(=O)NC(=O)NC1CC1.